The zero-order valence-electron chi connectivity index (χ0n) is 14.2. The number of esters is 1. The van der Waals surface area contributed by atoms with Crippen LogP contribution in [0.25, 0.3) is 5.65 Å². The molecule has 130 valence electrons. The molecule has 0 spiro atoms. The van der Waals surface area contributed by atoms with Gasteiger partial charge >= 0.3 is 11.7 Å². The van der Waals surface area contributed by atoms with E-state index in [0.29, 0.717) is 24.3 Å². The fourth-order valence-electron chi connectivity index (χ4n) is 2.43. The normalized spacial score (nSPS) is 11.0. The van der Waals surface area contributed by atoms with Crippen LogP contribution in [-0.2, 0) is 11.3 Å². The number of fused-ring (bicyclic) bond motifs is 1. The van der Waals surface area contributed by atoms with Gasteiger partial charge < -0.3 is 10.1 Å². The van der Waals surface area contributed by atoms with Gasteiger partial charge in [0, 0.05) is 18.4 Å². The van der Waals surface area contributed by atoms with Gasteiger partial charge in [-0.2, -0.15) is 0 Å². The van der Waals surface area contributed by atoms with Gasteiger partial charge in [0.05, 0.1) is 18.2 Å². The van der Waals surface area contributed by atoms with E-state index in [4.69, 9.17) is 4.74 Å². The molecular formula is C18H20N4O3. The van der Waals surface area contributed by atoms with Crippen LogP contribution in [0.2, 0.25) is 0 Å². The molecule has 3 rings (SSSR count). The standard InChI is InChI=1S/C18H20N4O3/c1-13(2)25-17(23)14-6-8-15(9-7-14)19-10-12-22-18(24)21-11-4-3-5-16(21)20-22/h3-9,11,13,19H,10,12H2,1-2H3. The highest BCUT2D eigenvalue weighted by atomic mass is 16.5. The van der Waals surface area contributed by atoms with E-state index in [1.54, 1.807) is 30.5 Å². The maximum atomic E-state index is 12.2. The quantitative estimate of drug-likeness (QED) is 0.696. The molecule has 0 fully saturated rings. The lowest BCUT2D eigenvalue weighted by Gasteiger charge is -2.09. The number of anilines is 1. The van der Waals surface area contributed by atoms with Crippen LogP contribution in [-0.4, -0.2) is 32.8 Å². The first-order valence-corrected chi connectivity index (χ1v) is 8.14. The van der Waals surface area contributed by atoms with Crippen LogP contribution in [0, 0.1) is 0 Å². The molecule has 0 radical (unpaired) electrons. The van der Waals surface area contributed by atoms with Gasteiger partial charge in [-0.1, -0.05) is 6.07 Å². The van der Waals surface area contributed by atoms with Gasteiger partial charge in [-0.05, 0) is 50.2 Å². The minimum absolute atomic E-state index is 0.144. The van der Waals surface area contributed by atoms with Crippen LogP contribution in [0.15, 0.2) is 53.5 Å². The van der Waals surface area contributed by atoms with Crippen LogP contribution in [0.4, 0.5) is 5.69 Å². The van der Waals surface area contributed by atoms with Crippen molar-refractivity contribution in [2.24, 2.45) is 0 Å². The molecule has 0 saturated carbocycles. The van der Waals surface area contributed by atoms with E-state index in [1.807, 2.05) is 32.0 Å². The molecular weight excluding hydrogens is 320 g/mol. The highest BCUT2D eigenvalue weighted by Crippen LogP contribution is 2.11. The molecule has 25 heavy (non-hydrogen) atoms. The maximum absolute atomic E-state index is 12.2. The summed E-state index contributed by atoms with van der Waals surface area (Å²) in [6.45, 7) is 4.61. The number of nitrogens with one attached hydrogen (secondary N) is 1. The highest BCUT2D eigenvalue weighted by Gasteiger charge is 2.09. The van der Waals surface area contributed by atoms with Crippen LogP contribution < -0.4 is 11.0 Å². The van der Waals surface area contributed by atoms with E-state index in [0.717, 1.165) is 5.69 Å². The van der Waals surface area contributed by atoms with Crippen LogP contribution in [0.3, 0.4) is 0 Å². The summed E-state index contributed by atoms with van der Waals surface area (Å²) in [5.74, 6) is -0.335. The predicted octanol–water partition coefficient (Wildman–Crippen LogP) is 2.17. The van der Waals surface area contributed by atoms with E-state index in [9.17, 15) is 9.59 Å². The van der Waals surface area contributed by atoms with Crippen molar-refractivity contribution in [3.8, 4) is 0 Å². The second-order valence-corrected chi connectivity index (χ2v) is 5.89. The summed E-state index contributed by atoms with van der Waals surface area (Å²) in [4.78, 5) is 24.0. The molecule has 0 aliphatic carbocycles. The predicted molar refractivity (Wildman–Crippen MR) is 94.9 cm³/mol. The Morgan fingerprint density at radius 1 is 1.20 bits per heavy atom. The number of hydrogen-bond donors (Lipinski definition) is 1. The average molecular weight is 340 g/mol. The molecule has 0 bridgehead atoms. The van der Waals surface area contributed by atoms with Gasteiger partial charge in [-0.25, -0.2) is 14.3 Å². The number of ether oxygens (including phenoxy) is 1. The summed E-state index contributed by atoms with van der Waals surface area (Å²) in [5, 5.41) is 7.48. The number of carbonyl (C=O) groups excluding carboxylic acids is 1. The Labute approximate surface area is 144 Å². The topological polar surface area (TPSA) is 77.6 Å². The van der Waals surface area contributed by atoms with Crippen molar-refractivity contribution >= 4 is 17.3 Å². The van der Waals surface area contributed by atoms with Crippen molar-refractivity contribution in [1.82, 2.24) is 14.2 Å². The number of benzene rings is 1. The average Bonchev–Trinajstić information content (AvgIpc) is 2.91. The first kappa shape index (κ1) is 16.8. The van der Waals surface area contributed by atoms with Gasteiger partial charge in [0.25, 0.3) is 0 Å². The van der Waals surface area contributed by atoms with Crippen molar-refractivity contribution in [1.29, 1.82) is 0 Å². The van der Waals surface area contributed by atoms with Gasteiger partial charge in [0.1, 0.15) is 0 Å². The van der Waals surface area contributed by atoms with E-state index in [-0.39, 0.29) is 17.8 Å². The Morgan fingerprint density at radius 2 is 1.96 bits per heavy atom. The Bertz CT molecular complexity index is 925. The number of aromatic nitrogens is 3. The van der Waals surface area contributed by atoms with Crippen LogP contribution in [0.5, 0.6) is 0 Å². The molecule has 1 aromatic carbocycles. The van der Waals surface area contributed by atoms with Gasteiger partial charge in [-0.3, -0.25) is 4.40 Å². The van der Waals surface area contributed by atoms with Crippen LogP contribution >= 0.6 is 0 Å². The third kappa shape index (κ3) is 3.88. The fourth-order valence-corrected chi connectivity index (χ4v) is 2.43. The number of rotatable bonds is 6. The molecule has 0 aliphatic rings. The monoisotopic (exact) mass is 340 g/mol. The molecule has 0 aliphatic heterocycles. The second-order valence-electron chi connectivity index (χ2n) is 5.89. The summed E-state index contributed by atoms with van der Waals surface area (Å²) in [5.41, 5.74) is 1.83. The van der Waals surface area contributed by atoms with E-state index < -0.39 is 0 Å². The number of nitrogens with zero attached hydrogens (tertiary/aromatic N) is 3. The largest absolute Gasteiger partial charge is 0.459 e. The molecule has 0 saturated heterocycles. The summed E-state index contributed by atoms with van der Waals surface area (Å²) in [6, 6.07) is 12.5. The first-order valence-electron chi connectivity index (χ1n) is 8.14. The molecule has 2 aromatic heterocycles. The molecule has 0 atom stereocenters. The molecule has 0 unspecified atom stereocenters. The Balaban J connectivity index is 1.59. The van der Waals surface area contributed by atoms with Crippen molar-refractivity contribution in [3.63, 3.8) is 0 Å². The van der Waals surface area contributed by atoms with E-state index in [1.165, 1.54) is 9.08 Å². The fraction of sp³-hybridized carbons (Fsp3) is 0.278. The Kier molecular flexibility index (Phi) is 4.83. The van der Waals surface area contributed by atoms with Gasteiger partial charge in [0.2, 0.25) is 0 Å². The highest BCUT2D eigenvalue weighted by molar-refractivity contribution is 5.89. The van der Waals surface area contributed by atoms with Crippen molar-refractivity contribution in [2.75, 3.05) is 11.9 Å². The zero-order valence-corrected chi connectivity index (χ0v) is 14.2. The lowest BCUT2D eigenvalue weighted by Crippen LogP contribution is -2.24. The Morgan fingerprint density at radius 3 is 2.64 bits per heavy atom. The maximum Gasteiger partial charge on any atom is 0.350 e. The number of pyridine rings is 1. The minimum Gasteiger partial charge on any atom is -0.459 e. The third-order valence-corrected chi connectivity index (χ3v) is 3.60. The molecule has 7 nitrogen and oxygen atoms in total. The third-order valence-electron chi connectivity index (χ3n) is 3.60. The second kappa shape index (κ2) is 7.21. The van der Waals surface area contributed by atoms with Crippen molar-refractivity contribution < 1.29 is 9.53 Å². The minimum atomic E-state index is -0.335. The zero-order chi connectivity index (χ0) is 17.8. The van der Waals surface area contributed by atoms with E-state index >= 15 is 0 Å². The molecule has 7 heteroatoms. The first-order chi connectivity index (χ1) is 12.0. The van der Waals surface area contributed by atoms with Gasteiger partial charge in [-0.15, -0.1) is 5.10 Å². The Hall–Kier alpha value is -3.09. The molecule has 1 N–H and O–H groups in total. The molecule has 2 heterocycles. The summed E-state index contributed by atoms with van der Waals surface area (Å²) in [6.07, 6.45) is 1.55. The number of hydrogen-bond acceptors (Lipinski definition) is 5. The molecule has 0 amide bonds. The SMILES string of the molecule is CC(C)OC(=O)c1ccc(NCCn2nc3ccccn3c2=O)cc1. The molecule has 3 aromatic rings. The lowest BCUT2D eigenvalue weighted by molar-refractivity contribution is 0.0378. The van der Waals surface area contributed by atoms with Crippen molar-refractivity contribution in [3.05, 3.63) is 64.7 Å². The smallest absolute Gasteiger partial charge is 0.350 e. The van der Waals surface area contributed by atoms with Gasteiger partial charge in [0.15, 0.2) is 5.65 Å². The summed E-state index contributed by atoms with van der Waals surface area (Å²) in [7, 11) is 0. The van der Waals surface area contributed by atoms with Crippen molar-refractivity contribution in [2.45, 2.75) is 26.5 Å². The van der Waals surface area contributed by atoms with Crippen LogP contribution in [0.1, 0.15) is 24.2 Å². The van der Waals surface area contributed by atoms with E-state index in [2.05, 4.69) is 10.4 Å². The summed E-state index contributed by atoms with van der Waals surface area (Å²) < 4.78 is 8.09. The summed E-state index contributed by atoms with van der Waals surface area (Å²) >= 11 is 0. The number of carbonyl (C=O) groups is 1. The lowest BCUT2D eigenvalue weighted by atomic mass is 10.2.